The number of hydrogen-bond donors (Lipinski definition) is 1. The Hall–Kier alpha value is -2.57. The van der Waals surface area contributed by atoms with Gasteiger partial charge in [-0.25, -0.2) is 8.42 Å². The van der Waals surface area contributed by atoms with Crippen LogP contribution in [0.4, 0.5) is 5.69 Å². The Kier molecular flexibility index (Phi) is 8.38. The van der Waals surface area contributed by atoms with Crippen LogP contribution in [0.5, 0.6) is 11.5 Å². The van der Waals surface area contributed by atoms with Crippen molar-refractivity contribution in [3.8, 4) is 11.5 Å². The zero-order valence-corrected chi connectivity index (χ0v) is 19.6. The first kappa shape index (κ1) is 25.1. The molecule has 0 amide bonds. The lowest BCUT2D eigenvalue weighted by Crippen LogP contribution is -2.49. The summed E-state index contributed by atoms with van der Waals surface area (Å²) in [4.78, 5) is 12.6. The van der Waals surface area contributed by atoms with Crippen molar-refractivity contribution in [2.45, 2.75) is 18.7 Å². The molecular weight excluding hydrogens is 450 g/mol. The van der Waals surface area contributed by atoms with Crippen molar-refractivity contribution in [3.63, 3.8) is 0 Å². The maximum atomic E-state index is 13.5. The molecule has 0 bridgehead atoms. The van der Waals surface area contributed by atoms with Gasteiger partial charge in [0, 0.05) is 44.9 Å². The van der Waals surface area contributed by atoms with Crippen LogP contribution in [0, 0.1) is 24.0 Å². The lowest BCUT2D eigenvalue weighted by molar-refractivity contribution is -0.385. The predicted molar refractivity (Wildman–Crippen MR) is 122 cm³/mol. The van der Waals surface area contributed by atoms with Crippen molar-refractivity contribution < 1.29 is 27.9 Å². The molecule has 180 valence electrons. The number of aliphatic hydroxyl groups excluding tert-OH is 1. The average Bonchev–Trinajstić information content (AvgIpc) is 2.76. The molecule has 0 atom stereocenters. The van der Waals surface area contributed by atoms with E-state index in [1.807, 2.05) is 19.9 Å². The van der Waals surface area contributed by atoms with E-state index < -0.39 is 14.9 Å². The lowest BCUT2D eigenvalue weighted by Gasteiger charge is -2.34. The van der Waals surface area contributed by atoms with E-state index in [4.69, 9.17) is 14.6 Å². The number of rotatable bonds is 10. The second kappa shape index (κ2) is 11.0. The highest BCUT2D eigenvalue weighted by Crippen LogP contribution is 2.34. The fourth-order valence-corrected chi connectivity index (χ4v) is 5.26. The lowest BCUT2D eigenvalue weighted by atomic mass is 10.1. The molecule has 33 heavy (non-hydrogen) atoms. The zero-order valence-electron chi connectivity index (χ0n) is 18.8. The Morgan fingerprint density at radius 3 is 2.30 bits per heavy atom. The van der Waals surface area contributed by atoms with E-state index >= 15 is 0 Å². The van der Waals surface area contributed by atoms with E-state index in [2.05, 4.69) is 4.90 Å². The van der Waals surface area contributed by atoms with Gasteiger partial charge >= 0.3 is 0 Å². The highest BCUT2D eigenvalue weighted by molar-refractivity contribution is 7.89. The number of benzene rings is 2. The number of piperazine rings is 1. The first-order valence-corrected chi connectivity index (χ1v) is 12.1. The summed E-state index contributed by atoms with van der Waals surface area (Å²) in [5.74, 6) is 0.510. The quantitative estimate of drug-likeness (QED) is 0.313. The Morgan fingerprint density at radius 1 is 1.03 bits per heavy atom. The number of hydrogen-bond acceptors (Lipinski definition) is 8. The average molecular weight is 480 g/mol. The summed E-state index contributed by atoms with van der Waals surface area (Å²) in [5.41, 5.74) is 1.59. The van der Waals surface area contributed by atoms with Gasteiger partial charge in [0.25, 0.3) is 5.69 Å². The van der Waals surface area contributed by atoms with Crippen LogP contribution in [0.25, 0.3) is 0 Å². The van der Waals surface area contributed by atoms with Gasteiger partial charge in [-0.1, -0.05) is 6.07 Å². The van der Waals surface area contributed by atoms with Crippen molar-refractivity contribution in [3.05, 3.63) is 57.6 Å². The molecule has 1 fully saturated rings. The standard InChI is InChI=1S/C22H29N3O7S/c1-17-13-18(2)15-20(14-17)32-21-4-3-19(25(27)28)16-22(21)33(29,30)24-7-5-23(6-8-24)9-11-31-12-10-26/h3-4,13-16,26H,5-12H2,1-2H3. The molecule has 0 aliphatic carbocycles. The Labute approximate surface area is 193 Å². The third kappa shape index (κ3) is 6.49. The maximum absolute atomic E-state index is 13.5. The van der Waals surface area contributed by atoms with Crippen molar-refractivity contribution in [2.24, 2.45) is 0 Å². The minimum Gasteiger partial charge on any atom is -0.456 e. The van der Waals surface area contributed by atoms with Gasteiger partial charge in [0.05, 0.1) is 24.7 Å². The monoisotopic (exact) mass is 479 g/mol. The number of aliphatic hydroxyl groups is 1. The second-order valence-electron chi connectivity index (χ2n) is 7.90. The summed E-state index contributed by atoms with van der Waals surface area (Å²) < 4.78 is 39.4. The summed E-state index contributed by atoms with van der Waals surface area (Å²) in [7, 11) is -4.03. The molecule has 1 saturated heterocycles. The summed E-state index contributed by atoms with van der Waals surface area (Å²) >= 11 is 0. The Morgan fingerprint density at radius 2 is 1.70 bits per heavy atom. The number of aryl methyl sites for hydroxylation is 2. The van der Waals surface area contributed by atoms with E-state index in [-0.39, 0.29) is 42.6 Å². The molecule has 0 saturated carbocycles. The van der Waals surface area contributed by atoms with Crippen LogP contribution in [0.1, 0.15) is 11.1 Å². The number of ether oxygens (including phenoxy) is 2. The predicted octanol–water partition coefficient (Wildman–Crippen LogP) is 2.32. The molecule has 10 nitrogen and oxygen atoms in total. The van der Waals surface area contributed by atoms with Crippen molar-refractivity contribution in [1.29, 1.82) is 0 Å². The summed E-state index contributed by atoms with van der Waals surface area (Å²) in [5, 5.41) is 20.1. The number of nitro benzene ring substituents is 1. The van der Waals surface area contributed by atoms with Crippen LogP contribution in [-0.2, 0) is 14.8 Å². The van der Waals surface area contributed by atoms with Gasteiger partial charge in [-0.2, -0.15) is 4.31 Å². The summed E-state index contributed by atoms with van der Waals surface area (Å²) in [6.45, 7) is 6.61. The molecule has 0 radical (unpaired) electrons. The van der Waals surface area contributed by atoms with Crippen LogP contribution in [0.3, 0.4) is 0 Å². The molecule has 1 N–H and O–H groups in total. The van der Waals surface area contributed by atoms with Crippen LogP contribution in [-0.4, -0.2) is 80.2 Å². The minimum atomic E-state index is -4.03. The number of non-ortho nitro benzene ring substituents is 1. The molecule has 2 aromatic rings. The normalized spacial score (nSPS) is 15.5. The van der Waals surface area contributed by atoms with Crippen molar-refractivity contribution in [1.82, 2.24) is 9.21 Å². The molecule has 0 unspecified atom stereocenters. The number of nitro groups is 1. The third-order valence-corrected chi connectivity index (χ3v) is 7.22. The van der Waals surface area contributed by atoms with E-state index in [1.54, 1.807) is 12.1 Å². The van der Waals surface area contributed by atoms with E-state index in [1.165, 1.54) is 16.4 Å². The molecule has 1 aliphatic rings. The molecule has 0 aromatic heterocycles. The Balaban J connectivity index is 1.82. The summed E-state index contributed by atoms with van der Waals surface area (Å²) in [6.07, 6.45) is 0. The largest absolute Gasteiger partial charge is 0.456 e. The molecule has 3 rings (SSSR count). The zero-order chi connectivity index (χ0) is 24.0. The topological polar surface area (TPSA) is 122 Å². The van der Waals surface area contributed by atoms with E-state index in [9.17, 15) is 18.5 Å². The fourth-order valence-electron chi connectivity index (χ4n) is 3.71. The molecule has 11 heteroatoms. The fraction of sp³-hybridized carbons (Fsp3) is 0.455. The molecule has 0 spiro atoms. The van der Waals surface area contributed by atoms with Crippen LogP contribution < -0.4 is 4.74 Å². The van der Waals surface area contributed by atoms with Gasteiger partial charge < -0.3 is 14.6 Å². The number of sulfonamides is 1. The molecular formula is C22H29N3O7S. The van der Waals surface area contributed by atoms with Gasteiger partial charge in [0.15, 0.2) is 0 Å². The maximum Gasteiger partial charge on any atom is 0.271 e. The van der Waals surface area contributed by atoms with Gasteiger partial charge in [-0.15, -0.1) is 0 Å². The Bertz CT molecular complexity index is 1060. The van der Waals surface area contributed by atoms with Crippen LogP contribution in [0.2, 0.25) is 0 Å². The third-order valence-electron chi connectivity index (χ3n) is 5.30. The summed E-state index contributed by atoms with van der Waals surface area (Å²) in [6, 6.07) is 9.15. The van der Waals surface area contributed by atoms with E-state index in [0.717, 1.165) is 17.2 Å². The minimum absolute atomic E-state index is 0.0399. The first-order valence-electron chi connectivity index (χ1n) is 10.7. The van der Waals surface area contributed by atoms with Crippen molar-refractivity contribution in [2.75, 3.05) is 52.5 Å². The van der Waals surface area contributed by atoms with Gasteiger partial charge in [0.1, 0.15) is 16.4 Å². The van der Waals surface area contributed by atoms with Crippen LogP contribution in [0.15, 0.2) is 41.3 Å². The highest BCUT2D eigenvalue weighted by Gasteiger charge is 2.32. The molecule has 1 heterocycles. The van der Waals surface area contributed by atoms with Crippen LogP contribution >= 0.6 is 0 Å². The van der Waals surface area contributed by atoms with E-state index in [0.29, 0.717) is 32.0 Å². The highest BCUT2D eigenvalue weighted by atomic mass is 32.2. The molecule has 1 aliphatic heterocycles. The first-order chi connectivity index (χ1) is 15.7. The van der Waals surface area contributed by atoms with Gasteiger partial charge in [-0.05, 0) is 43.2 Å². The SMILES string of the molecule is Cc1cc(C)cc(Oc2ccc([N+](=O)[O-])cc2S(=O)(=O)N2CCN(CCOCCO)CC2)c1. The molecule has 2 aromatic carbocycles. The van der Waals surface area contributed by atoms with Gasteiger partial charge in [0.2, 0.25) is 10.0 Å². The van der Waals surface area contributed by atoms with Gasteiger partial charge in [-0.3, -0.25) is 15.0 Å². The smallest absolute Gasteiger partial charge is 0.271 e. The number of nitrogens with zero attached hydrogens (tertiary/aromatic N) is 3. The second-order valence-corrected chi connectivity index (χ2v) is 9.80. The van der Waals surface area contributed by atoms with Crippen molar-refractivity contribution >= 4 is 15.7 Å².